The van der Waals surface area contributed by atoms with E-state index in [2.05, 4.69) is 4.98 Å². The van der Waals surface area contributed by atoms with E-state index >= 15 is 0 Å². The van der Waals surface area contributed by atoms with Gasteiger partial charge in [-0.05, 0) is 66.4 Å². The largest absolute Gasteiger partial charge is 0.444 e. The third-order valence-electron chi connectivity index (χ3n) is 6.45. The lowest BCUT2D eigenvalue weighted by atomic mass is 9.80. The van der Waals surface area contributed by atoms with Crippen LogP contribution < -0.4 is 0 Å². The second-order valence-corrected chi connectivity index (χ2v) is 10.6. The number of halogens is 3. The van der Waals surface area contributed by atoms with E-state index in [1.807, 2.05) is 46.8 Å². The van der Waals surface area contributed by atoms with Gasteiger partial charge in [0.05, 0.1) is 36.5 Å². The molecule has 0 N–H and O–H groups in total. The average Bonchev–Trinajstić information content (AvgIpc) is 3.15. The molecule has 188 valence electrons. The summed E-state index contributed by atoms with van der Waals surface area (Å²) in [4.78, 5) is 18.9. The number of morpholine rings is 1. The zero-order valence-corrected chi connectivity index (χ0v) is 20.4. The summed E-state index contributed by atoms with van der Waals surface area (Å²) in [5.41, 5.74) is 2.33. The van der Waals surface area contributed by atoms with Crippen molar-refractivity contribution in [3.8, 4) is 0 Å². The van der Waals surface area contributed by atoms with Crippen LogP contribution in [-0.4, -0.2) is 56.6 Å². The maximum Gasteiger partial charge on any atom is 0.410 e. The molecule has 7 nitrogen and oxygen atoms in total. The molecule has 4 rings (SSSR count). The Bertz CT molecular complexity index is 1040. The number of carbonyl (C=O) groups excluding carboxylic acids is 1. The molecule has 2 aromatic heterocycles. The van der Waals surface area contributed by atoms with Gasteiger partial charge in [-0.25, -0.2) is 14.3 Å². The van der Waals surface area contributed by atoms with E-state index in [-0.39, 0.29) is 24.9 Å². The number of nitrogens with zero attached hydrogens (tertiary/aromatic N) is 4. The summed E-state index contributed by atoms with van der Waals surface area (Å²) < 4.78 is 52.7. The summed E-state index contributed by atoms with van der Waals surface area (Å²) in [7, 11) is 0. The number of hydrogen-bond acceptors (Lipinski definition) is 5. The van der Waals surface area contributed by atoms with Gasteiger partial charge in [-0.2, -0.15) is 18.3 Å². The van der Waals surface area contributed by atoms with Crippen LogP contribution in [0.1, 0.15) is 82.5 Å². The summed E-state index contributed by atoms with van der Waals surface area (Å²) in [5, 5.41) is 4.75. The number of aryl methyl sites for hydroxylation is 1. The summed E-state index contributed by atoms with van der Waals surface area (Å²) in [6, 6.07) is 3.76. The Morgan fingerprint density at radius 1 is 1.12 bits per heavy atom. The smallest absolute Gasteiger partial charge is 0.410 e. The van der Waals surface area contributed by atoms with E-state index in [1.165, 1.54) is 0 Å². The monoisotopic (exact) mass is 482 g/mol. The lowest BCUT2D eigenvalue weighted by molar-refractivity contribution is -0.182. The third kappa shape index (κ3) is 5.47. The molecule has 0 radical (unpaired) electrons. The van der Waals surface area contributed by atoms with Gasteiger partial charge < -0.3 is 14.4 Å². The quantitative estimate of drug-likeness (QED) is 0.560. The highest BCUT2D eigenvalue weighted by molar-refractivity contribution is 5.68. The number of fused-ring (bicyclic) bond motifs is 1. The molecule has 1 saturated heterocycles. The lowest BCUT2D eigenvalue weighted by Crippen LogP contribution is -2.48. The first-order chi connectivity index (χ1) is 15.8. The highest BCUT2D eigenvalue weighted by atomic mass is 19.4. The number of amides is 1. The molecule has 3 heterocycles. The van der Waals surface area contributed by atoms with Crippen LogP contribution in [0.4, 0.5) is 18.0 Å². The molecular formula is C24H33F3N4O3. The Hall–Kier alpha value is -2.36. The molecule has 10 heteroatoms. The molecular weight excluding hydrogens is 449 g/mol. The van der Waals surface area contributed by atoms with Gasteiger partial charge in [0.15, 0.2) is 5.65 Å². The van der Waals surface area contributed by atoms with E-state index in [4.69, 9.17) is 14.6 Å². The first-order valence-electron chi connectivity index (χ1n) is 11.9. The molecule has 1 amide bonds. The minimum Gasteiger partial charge on any atom is -0.444 e. The van der Waals surface area contributed by atoms with Gasteiger partial charge in [-0.1, -0.05) is 0 Å². The van der Waals surface area contributed by atoms with E-state index in [9.17, 15) is 18.0 Å². The Balaban J connectivity index is 1.58. The Morgan fingerprint density at radius 2 is 1.79 bits per heavy atom. The van der Waals surface area contributed by atoms with Crippen molar-refractivity contribution in [3.05, 3.63) is 29.2 Å². The van der Waals surface area contributed by atoms with Gasteiger partial charge in [-0.15, -0.1) is 0 Å². The molecule has 2 fully saturated rings. The fourth-order valence-corrected chi connectivity index (χ4v) is 4.88. The molecule has 0 bridgehead atoms. The summed E-state index contributed by atoms with van der Waals surface area (Å²) >= 11 is 0. The molecule has 2 aliphatic rings. The number of rotatable bonds is 2. The van der Waals surface area contributed by atoms with Crippen molar-refractivity contribution < 1.29 is 27.4 Å². The van der Waals surface area contributed by atoms with Crippen molar-refractivity contribution in [1.82, 2.24) is 19.5 Å². The van der Waals surface area contributed by atoms with Crippen LogP contribution in [0, 0.1) is 12.8 Å². The maximum atomic E-state index is 13.1. The summed E-state index contributed by atoms with van der Waals surface area (Å²) in [5.74, 6) is -1.26. The lowest BCUT2D eigenvalue weighted by Gasteiger charge is -2.37. The van der Waals surface area contributed by atoms with E-state index in [1.54, 1.807) is 9.42 Å². The van der Waals surface area contributed by atoms with Gasteiger partial charge in [0.2, 0.25) is 0 Å². The molecule has 1 aliphatic carbocycles. The zero-order valence-electron chi connectivity index (χ0n) is 20.4. The van der Waals surface area contributed by atoms with Crippen molar-refractivity contribution in [2.45, 2.75) is 90.2 Å². The van der Waals surface area contributed by atoms with Crippen LogP contribution in [0.25, 0.3) is 5.65 Å². The van der Waals surface area contributed by atoms with Gasteiger partial charge in [0, 0.05) is 17.7 Å². The summed E-state index contributed by atoms with van der Waals surface area (Å²) in [6.07, 6.45) is -4.03. The molecule has 1 aliphatic heterocycles. The van der Waals surface area contributed by atoms with Crippen LogP contribution in [0.2, 0.25) is 0 Å². The minimum absolute atomic E-state index is 0.0297. The van der Waals surface area contributed by atoms with Crippen LogP contribution in [-0.2, 0) is 9.47 Å². The zero-order chi connectivity index (χ0) is 24.8. The summed E-state index contributed by atoms with van der Waals surface area (Å²) in [6.45, 7) is 10.0. The molecule has 0 spiro atoms. The fraction of sp³-hybridized carbons (Fsp3) is 0.708. The Labute approximate surface area is 197 Å². The highest BCUT2D eigenvalue weighted by Gasteiger charge is 2.42. The standard InChI is InChI=1S/C24H33F3N4O3/c1-14-10-19(20-13-30(12-15(2)33-20)22(32)34-23(3,4)5)31-21(28-14)11-18(29-31)16-6-8-17(9-7-16)24(25,26)27/h10-11,15-17,20H,6-9,12-13H2,1-5H3/t15-,16-,17-,20-/m0/s1. The van der Waals surface area contributed by atoms with Crippen molar-refractivity contribution in [3.63, 3.8) is 0 Å². The first kappa shape index (κ1) is 24.8. The van der Waals surface area contributed by atoms with Crippen LogP contribution >= 0.6 is 0 Å². The van der Waals surface area contributed by atoms with Gasteiger partial charge >= 0.3 is 12.3 Å². The Kier molecular flexibility index (Phi) is 6.56. The second kappa shape index (κ2) is 9.02. The molecule has 2 aromatic rings. The van der Waals surface area contributed by atoms with Gasteiger partial charge in [0.25, 0.3) is 0 Å². The van der Waals surface area contributed by atoms with Crippen LogP contribution in [0.5, 0.6) is 0 Å². The van der Waals surface area contributed by atoms with E-state index < -0.39 is 29.9 Å². The highest BCUT2D eigenvalue weighted by Crippen LogP contribution is 2.42. The third-order valence-corrected chi connectivity index (χ3v) is 6.45. The average molecular weight is 483 g/mol. The van der Waals surface area contributed by atoms with Crippen molar-refractivity contribution in [2.75, 3.05) is 13.1 Å². The number of ether oxygens (including phenoxy) is 2. The minimum atomic E-state index is -4.13. The van der Waals surface area contributed by atoms with Crippen LogP contribution in [0.3, 0.4) is 0 Å². The van der Waals surface area contributed by atoms with E-state index in [0.717, 1.165) is 17.1 Å². The molecule has 0 unspecified atom stereocenters. The normalized spacial score (nSPS) is 26.6. The second-order valence-electron chi connectivity index (χ2n) is 10.6. The van der Waals surface area contributed by atoms with Crippen molar-refractivity contribution >= 4 is 11.7 Å². The molecule has 34 heavy (non-hydrogen) atoms. The topological polar surface area (TPSA) is 69.0 Å². The SMILES string of the molecule is Cc1cc([C@@H]2CN(C(=O)OC(C)(C)C)C[C@H](C)O2)n2nc([C@H]3CC[C@H](C(F)(F)F)CC3)cc2n1. The Morgan fingerprint density at radius 3 is 2.41 bits per heavy atom. The number of hydrogen-bond donors (Lipinski definition) is 0. The number of carbonyl (C=O) groups is 1. The molecule has 0 aromatic carbocycles. The van der Waals surface area contributed by atoms with Crippen molar-refractivity contribution in [2.24, 2.45) is 5.92 Å². The molecule has 2 atom stereocenters. The maximum absolute atomic E-state index is 13.1. The predicted octanol–water partition coefficient (Wildman–Crippen LogP) is 5.57. The first-order valence-corrected chi connectivity index (χ1v) is 11.9. The van der Waals surface area contributed by atoms with Crippen molar-refractivity contribution in [1.29, 1.82) is 0 Å². The fourth-order valence-electron chi connectivity index (χ4n) is 4.88. The van der Waals surface area contributed by atoms with Gasteiger partial charge in [-0.3, -0.25) is 0 Å². The van der Waals surface area contributed by atoms with Gasteiger partial charge in [0.1, 0.15) is 11.7 Å². The number of aromatic nitrogens is 3. The number of alkyl halides is 3. The van der Waals surface area contributed by atoms with Crippen LogP contribution in [0.15, 0.2) is 12.1 Å². The predicted molar refractivity (Wildman–Crippen MR) is 120 cm³/mol. The van der Waals surface area contributed by atoms with E-state index in [0.29, 0.717) is 31.6 Å². The molecule has 1 saturated carbocycles.